The molecule has 0 unspecified atom stereocenters. The molecule has 3 rings (SSSR count). The number of halogens is 3. The van der Waals surface area contributed by atoms with Crippen LogP contribution in [-0.2, 0) is 18.3 Å². The van der Waals surface area contributed by atoms with Crippen molar-refractivity contribution < 1.29 is 14.3 Å². The van der Waals surface area contributed by atoms with Gasteiger partial charge < -0.3 is 19.4 Å². The van der Waals surface area contributed by atoms with Gasteiger partial charge in [0, 0.05) is 50.9 Å². The van der Waals surface area contributed by atoms with E-state index in [-0.39, 0.29) is 30.8 Å². The Bertz CT molecular complexity index is 792. The Morgan fingerprint density at radius 3 is 2.52 bits per heavy atom. The number of benzene rings is 1. The van der Waals surface area contributed by atoms with E-state index in [4.69, 9.17) is 9.47 Å². The van der Waals surface area contributed by atoms with Gasteiger partial charge in [-0.1, -0.05) is 0 Å². The van der Waals surface area contributed by atoms with Crippen molar-refractivity contribution in [2.45, 2.75) is 13.5 Å². The zero-order valence-corrected chi connectivity index (χ0v) is 18.9. The van der Waals surface area contributed by atoms with Crippen molar-refractivity contribution in [3.63, 3.8) is 0 Å². The predicted molar refractivity (Wildman–Crippen MR) is 116 cm³/mol. The third-order valence-electron chi connectivity index (χ3n) is 4.66. The van der Waals surface area contributed by atoms with E-state index in [1.165, 1.54) is 0 Å². The normalized spacial score (nSPS) is 14.4. The highest BCUT2D eigenvalue weighted by molar-refractivity contribution is 9.10. The Kier molecular flexibility index (Phi) is 9.38. The van der Waals surface area contributed by atoms with Crippen LogP contribution in [0.5, 0.6) is 5.75 Å². The highest BCUT2D eigenvalue weighted by atomic mass is 79.9. The van der Waals surface area contributed by atoms with Crippen molar-refractivity contribution in [2.24, 2.45) is 7.05 Å². The molecule has 27 heavy (non-hydrogen) atoms. The van der Waals surface area contributed by atoms with Gasteiger partial charge in [0.2, 0.25) is 0 Å². The first-order valence-electron chi connectivity index (χ1n) is 8.51. The van der Waals surface area contributed by atoms with Gasteiger partial charge in [-0.05, 0) is 35.0 Å². The Labute approximate surface area is 180 Å². The van der Waals surface area contributed by atoms with Crippen LogP contribution < -0.4 is 10.1 Å². The monoisotopic (exact) mass is 481 g/mol. The van der Waals surface area contributed by atoms with Crippen LogP contribution in [0.3, 0.4) is 0 Å². The number of nitrogens with zero attached hydrogens (tertiary/aromatic N) is 2. The molecular formula is C18H26BrCl2N3O3. The van der Waals surface area contributed by atoms with Crippen LogP contribution in [-0.4, -0.2) is 55.3 Å². The van der Waals surface area contributed by atoms with Gasteiger partial charge >= 0.3 is 5.97 Å². The molecule has 0 saturated carbocycles. The van der Waals surface area contributed by atoms with Crippen molar-refractivity contribution in [3.8, 4) is 5.75 Å². The molecule has 2 heterocycles. The zero-order chi connectivity index (χ0) is 18.0. The van der Waals surface area contributed by atoms with E-state index in [9.17, 15) is 4.79 Å². The summed E-state index contributed by atoms with van der Waals surface area (Å²) in [5.41, 5.74) is 2.61. The molecule has 1 N–H and O–H groups in total. The second-order valence-electron chi connectivity index (χ2n) is 6.13. The van der Waals surface area contributed by atoms with Gasteiger partial charge in [0.25, 0.3) is 0 Å². The minimum absolute atomic E-state index is 0. The number of hydrogen-bond acceptors (Lipinski definition) is 5. The van der Waals surface area contributed by atoms with E-state index in [2.05, 4.69) is 30.7 Å². The van der Waals surface area contributed by atoms with Crippen molar-refractivity contribution in [3.05, 3.63) is 27.9 Å². The number of rotatable bonds is 5. The maximum Gasteiger partial charge on any atom is 0.340 e. The quantitative estimate of drug-likeness (QED) is 0.662. The lowest BCUT2D eigenvalue weighted by Crippen LogP contribution is -2.43. The first-order valence-corrected chi connectivity index (χ1v) is 9.31. The van der Waals surface area contributed by atoms with Crippen LogP contribution in [0.4, 0.5) is 0 Å². The Balaban J connectivity index is 0.00000182. The molecule has 0 amide bonds. The smallest absolute Gasteiger partial charge is 0.340 e. The topological polar surface area (TPSA) is 55.7 Å². The summed E-state index contributed by atoms with van der Waals surface area (Å²) < 4.78 is 13.7. The number of piperazine rings is 1. The molecule has 0 spiro atoms. The fraction of sp³-hybridized carbons (Fsp3) is 0.500. The number of aromatic nitrogens is 1. The highest BCUT2D eigenvalue weighted by Crippen LogP contribution is 2.35. The van der Waals surface area contributed by atoms with Gasteiger partial charge in [-0.25, -0.2) is 4.79 Å². The molecule has 1 aliphatic rings. The van der Waals surface area contributed by atoms with E-state index < -0.39 is 0 Å². The second-order valence-corrected chi connectivity index (χ2v) is 6.99. The summed E-state index contributed by atoms with van der Waals surface area (Å²) in [5, 5.41) is 4.23. The van der Waals surface area contributed by atoms with Gasteiger partial charge in [0.15, 0.2) is 0 Å². The van der Waals surface area contributed by atoms with Crippen molar-refractivity contribution in [1.82, 2.24) is 14.8 Å². The lowest BCUT2D eigenvalue weighted by atomic mass is 10.1. The minimum Gasteiger partial charge on any atom is -0.496 e. The number of nitrogens with one attached hydrogen (secondary N) is 1. The molecule has 2 aromatic rings. The number of esters is 1. The van der Waals surface area contributed by atoms with Gasteiger partial charge in [-0.3, -0.25) is 4.90 Å². The number of carbonyl (C=O) groups excluding carboxylic acids is 1. The summed E-state index contributed by atoms with van der Waals surface area (Å²) in [6.07, 6.45) is 0. The molecule has 0 atom stereocenters. The molecule has 9 heteroatoms. The van der Waals surface area contributed by atoms with E-state index in [0.717, 1.165) is 53.8 Å². The molecule has 0 aliphatic carbocycles. The summed E-state index contributed by atoms with van der Waals surface area (Å²) in [5.74, 6) is 0.431. The van der Waals surface area contributed by atoms with Crippen LogP contribution >= 0.6 is 40.7 Å². The van der Waals surface area contributed by atoms with Crippen molar-refractivity contribution in [2.75, 3.05) is 39.9 Å². The van der Waals surface area contributed by atoms with Crippen LogP contribution in [0.15, 0.2) is 16.6 Å². The minimum atomic E-state index is -0.275. The first kappa shape index (κ1) is 24.0. The summed E-state index contributed by atoms with van der Waals surface area (Å²) in [6, 6.07) is 3.91. The Morgan fingerprint density at radius 2 is 1.93 bits per heavy atom. The molecule has 1 fully saturated rings. The molecule has 1 saturated heterocycles. The molecule has 0 radical (unpaired) electrons. The fourth-order valence-electron chi connectivity index (χ4n) is 3.34. The molecule has 1 aromatic carbocycles. The average Bonchev–Trinajstić information content (AvgIpc) is 2.87. The van der Waals surface area contributed by atoms with Crippen LogP contribution in [0.25, 0.3) is 10.9 Å². The molecule has 1 aromatic heterocycles. The number of carbonyl (C=O) groups is 1. The van der Waals surface area contributed by atoms with E-state index in [0.29, 0.717) is 17.9 Å². The van der Waals surface area contributed by atoms with E-state index in [1.807, 2.05) is 26.1 Å². The summed E-state index contributed by atoms with van der Waals surface area (Å²) >= 11 is 3.54. The molecule has 1 aliphatic heterocycles. The number of ether oxygens (including phenoxy) is 2. The number of fused-ring (bicyclic) bond motifs is 1. The lowest BCUT2D eigenvalue weighted by molar-refractivity contribution is 0.0525. The summed E-state index contributed by atoms with van der Waals surface area (Å²) in [4.78, 5) is 15.1. The third kappa shape index (κ3) is 4.90. The lowest BCUT2D eigenvalue weighted by Gasteiger charge is -2.27. The molecule has 152 valence electrons. The number of hydrogen-bond donors (Lipinski definition) is 1. The van der Waals surface area contributed by atoms with Crippen LogP contribution in [0, 0.1) is 0 Å². The highest BCUT2D eigenvalue weighted by Gasteiger charge is 2.25. The largest absolute Gasteiger partial charge is 0.496 e. The van der Waals surface area contributed by atoms with Crippen LogP contribution in [0.1, 0.15) is 23.0 Å². The average molecular weight is 483 g/mol. The van der Waals surface area contributed by atoms with E-state index in [1.54, 1.807) is 7.11 Å². The number of aryl methyl sites for hydroxylation is 1. The summed E-state index contributed by atoms with van der Waals surface area (Å²) in [7, 11) is 3.63. The number of methoxy groups -OCH3 is 1. The van der Waals surface area contributed by atoms with Gasteiger partial charge in [0.1, 0.15) is 5.75 Å². The summed E-state index contributed by atoms with van der Waals surface area (Å²) in [6.45, 7) is 6.79. The van der Waals surface area contributed by atoms with Crippen LogP contribution in [0.2, 0.25) is 0 Å². The maximum absolute atomic E-state index is 12.7. The zero-order valence-electron chi connectivity index (χ0n) is 15.7. The standard InChI is InChI=1S/C18H24BrN3O3.2ClH/c1-4-25-18(23)17-12-9-16(24-3)13(19)10-14(12)21(2)15(17)11-22-7-5-20-6-8-22;;/h9-10,20H,4-8,11H2,1-3H3;2*1H. The fourth-order valence-corrected chi connectivity index (χ4v) is 3.84. The van der Waals surface area contributed by atoms with Crippen molar-refractivity contribution >= 4 is 57.6 Å². The molecule has 0 bridgehead atoms. The Morgan fingerprint density at radius 1 is 1.26 bits per heavy atom. The first-order chi connectivity index (χ1) is 12.1. The molecular weight excluding hydrogens is 457 g/mol. The molecule has 6 nitrogen and oxygen atoms in total. The SMILES string of the molecule is CCOC(=O)c1c(CN2CCNCC2)n(C)c2cc(Br)c(OC)cc12.Cl.Cl. The Hall–Kier alpha value is -0.990. The van der Waals surface area contributed by atoms with E-state index >= 15 is 0 Å². The third-order valence-corrected chi connectivity index (χ3v) is 5.28. The van der Waals surface area contributed by atoms with Gasteiger partial charge in [-0.2, -0.15) is 0 Å². The predicted octanol–water partition coefficient (Wildman–Crippen LogP) is 3.37. The van der Waals surface area contributed by atoms with Gasteiger partial charge in [0.05, 0.1) is 29.3 Å². The van der Waals surface area contributed by atoms with Gasteiger partial charge in [-0.15, -0.1) is 24.8 Å². The second kappa shape index (κ2) is 10.5. The maximum atomic E-state index is 12.7. The van der Waals surface area contributed by atoms with Crippen molar-refractivity contribution in [1.29, 1.82) is 0 Å².